The van der Waals surface area contributed by atoms with E-state index in [-0.39, 0.29) is 6.09 Å². The Bertz CT molecular complexity index is 1370. The number of piperazine rings is 1. The Morgan fingerprint density at radius 2 is 1.72 bits per heavy atom. The van der Waals surface area contributed by atoms with E-state index in [0.29, 0.717) is 19.6 Å². The van der Waals surface area contributed by atoms with Crippen molar-refractivity contribution in [1.82, 2.24) is 14.9 Å². The summed E-state index contributed by atoms with van der Waals surface area (Å²) < 4.78 is 5.56. The van der Waals surface area contributed by atoms with E-state index in [1.54, 1.807) is 22.7 Å². The standard InChI is InChI=1S/C27H32ClN5O2S.C2H3N/c1-27(2,3)35-26(34)32-15-13-31(14-16-32)24-19-11-12-33(17-21(19)29-25(30-24)36-4)22-10-6-8-18-7-5-9-20(28)23(18)22;1-2-3/h5-10H,11-17H2,1-4H3;1H3. The molecule has 1 fully saturated rings. The van der Waals surface area contributed by atoms with E-state index in [9.17, 15) is 4.79 Å². The summed E-state index contributed by atoms with van der Waals surface area (Å²) in [6.07, 6.45) is 2.62. The molecule has 2 aliphatic rings. The molecule has 0 radical (unpaired) electrons. The number of thioether (sulfide) groups is 1. The molecule has 0 unspecified atom stereocenters. The van der Waals surface area contributed by atoms with Gasteiger partial charge in [-0.05, 0) is 51.0 Å². The lowest BCUT2D eigenvalue weighted by Crippen LogP contribution is -2.50. The first-order valence-corrected chi connectivity index (χ1v) is 14.6. The largest absolute Gasteiger partial charge is 0.444 e. The van der Waals surface area contributed by atoms with Gasteiger partial charge in [-0.15, -0.1) is 0 Å². The number of rotatable bonds is 3. The van der Waals surface area contributed by atoms with Crippen molar-refractivity contribution in [2.45, 2.75) is 51.4 Å². The number of fused-ring (bicyclic) bond motifs is 2. The first kappa shape index (κ1) is 28.8. The monoisotopic (exact) mass is 566 g/mol. The van der Waals surface area contributed by atoms with E-state index < -0.39 is 5.60 Å². The van der Waals surface area contributed by atoms with Gasteiger partial charge in [-0.1, -0.05) is 47.6 Å². The zero-order valence-corrected chi connectivity index (χ0v) is 24.8. The fourth-order valence-electron chi connectivity index (χ4n) is 4.91. The minimum absolute atomic E-state index is 0.249. The van der Waals surface area contributed by atoms with Crippen LogP contribution in [-0.2, 0) is 17.7 Å². The van der Waals surface area contributed by atoms with Crippen LogP contribution in [0.15, 0.2) is 41.6 Å². The third-order valence-electron chi connectivity index (χ3n) is 6.61. The van der Waals surface area contributed by atoms with Crippen molar-refractivity contribution < 1.29 is 9.53 Å². The Morgan fingerprint density at radius 1 is 1.05 bits per heavy atom. The number of nitrogens with zero attached hydrogens (tertiary/aromatic N) is 6. The van der Waals surface area contributed by atoms with E-state index in [0.717, 1.165) is 64.2 Å². The number of amides is 1. The second-order valence-corrected chi connectivity index (χ2v) is 11.6. The van der Waals surface area contributed by atoms with E-state index in [4.69, 9.17) is 31.6 Å². The van der Waals surface area contributed by atoms with Crippen molar-refractivity contribution in [3.05, 3.63) is 52.7 Å². The van der Waals surface area contributed by atoms with E-state index in [2.05, 4.69) is 34.1 Å². The molecular formula is C29H35ClN6O2S. The molecule has 1 amide bonds. The quantitative estimate of drug-likeness (QED) is 0.275. The summed E-state index contributed by atoms with van der Waals surface area (Å²) in [5, 5.41) is 11.1. The van der Waals surface area contributed by atoms with Crippen LogP contribution in [0, 0.1) is 11.3 Å². The highest BCUT2D eigenvalue weighted by Gasteiger charge is 2.30. The molecule has 0 aliphatic carbocycles. The number of aromatic nitrogens is 2. The Kier molecular flexibility index (Phi) is 9.08. The molecule has 2 aliphatic heterocycles. The van der Waals surface area contributed by atoms with Gasteiger partial charge < -0.3 is 19.4 Å². The topological polar surface area (TPSA) is 85.6 Å². The van der Waals surface area contributed by atoms with E-state index in [1.165, 1.54) is 12.5 Å². The minimum atomic E-state index is -0.493. The second kappa shape index (κ2) is 12.3. The van der Waals surface area contributed by atoms with Gasteiger partial charge in [-0.3, -0.25) is 0 Å². The molecular weight excluding hydrogens is 532 g/mol. The van der Waals surface area contributed by atoms with Crippen LogP contribution in [0.5, 0.6) is 0 Å². The molecule has 5 rings (SSSR count). The number of halogens is 1. The van der Waals surface area contributed by atoms with Gasteiger partial charge in [0.2, 0.25) is 0 Å². The smallest absolute Gasteiger partial charge is 0.410 e. The maximum absolute atomic E-state index is 12.5. The lowest BCUT2D eigenvalue weighted by atomic mass is 10.0. The normalized spacial score (nSPS) is 15.3. The van der Waals surface area contributed by atoms with Crippen LogP contribution in [0.4, 0.5) is 16.3 Å². The molecule has 8 nitrogen and oxygen atoms in total. The van der Waals surface area contributed by atoms with Crippen LogP contribution in [0.1, 0.15) is 39.0 Å². The summed E-state index contributed by atoms with van der Waals surface area (Å²) in [6, 6.07) is 14.1. The van der Waals surface area contributed by atoms with E-state index >= 15 is 0 Å². The number of carbonyl (C=O) groups excluding carboxylic acids is 1. The lowest BCUT2D eigenvalue weighted by molar-refractivity contribution is 0.0240. The van der Waals surface area contributed by atoms with Crippen LogP contribution in [0.2, 0.25) is 5.02 Å². The van der Waals surface area contributed by atoms with Gasteiger partial charge in [0, 0.05) is 56.3 Å². The lowest BCUT2D eigenvalue weighted by Gasteiger charge is -2.38. The molecule has 0 saturated carbocycles. The van der Waals surface area contributed by atoms with Gasteiger partial charge in [0.25, 0.3) is 0 Å². The van der Waals surface area contributed by atoms with Crippen LogP contribution in [-0.4, -0.2) is 65.5 Å². The molecule has 1 saturated heterocycles. The van der Waals surface area contributed by atoms with Crippen LogP contribution in [0.25, 0.3) is 10.8 Å². The number of benzene rings is 2. The second-order valence-electron chi connectivity index (χ2n) is 10.4. The van der Waals surface area contributed by atoms with Gasteiger partial charge in [-0.25, -0.2) is 14.8 Å². The fraction of sp³-hybridized carbons (Fsp3) is 0.448. The predicted molar refractivity (Wildman–Crippen MR) is 159 cm³/mol. The van der Waals surface area contributed by atoms with Crippen molar-refractivity contribution in [2.24, 2.45) is 0 Å². The highest BCUT2D eigenvalue weighted by Crippen LogP contribution is 2.37. The van der Waals surface area contributed by atoms with Gasteiger partial charge in [0.05, 0.1) is 23.3 Å². The van der Waals surface area contributed by atoms with Gasteiger partial charge >= 0.3 is 6.09 Å². The zero-order valence-electron chi connectivity index (χ0n) is 23.2. The molecule has 0 N–H and O–H groups in total. The maximum atomic E-state index is 12.5. The molecule has 0 spiro atoms. The summed E-state index contributed by atoms with van der Waals surface area (Å²) in [5.74, 6) is 1.00. The number of anilines is 2. The number of ether oxygens (including phenoxy) is 1. The highest BCUT2D eigenvalue weighted by molar-refractivity contribution is 7.98. The van der Waals surface area contributed by atoms with Crippen molar-refractivity contribution in [1.29, 1.82) is 5.26 Å². The van der Waals surface area contributed by atoms with E-state index in [1.807, 2.05) is 39.2 Å². The van der Waals surface area contributed by atoms with Crippen LogP contribution < -0.4 is 9.80 Å². The van der Waals surface area contributed by atoms with Gasteiger partial charge in [0.15, 0.2) is 5.16 Å². The van der Waals surface area contributed by atoms with Gasteiger partial charge in [0.1, 0.15) is 11.4 Å². The summed E-state index contributed by atoms with van der Waals surface area (Å²) in [4.78, 5) is 28.8. The Hall–Kier alpha value is -3.22. The molecule has 0 atom stereocenters. The summed E-state index contributed by atoms with van der Waals surface area (Å²) in [6.45, 7) is 11.4. The highest BCUT2D eigenvalue weighted by atomic mass is 35.5. The Morgan fingerprint density at radius 3 is 2.36 bits per heavy atom. The molecule has 206 valence electrons. The van der Waals surface area contributed by atoms with Crippen LogP contribution >= 0.6 is 23.4 Å². The molecule has 1 aromatic heterocycles. The first-order valence-electron chi connectivity index (χ1n) is 13.0. The van der Waals surface area contributed by atoms with Crippen molar-refractivity contribution in [3.8, 4) is 6.07 Å². The van der Waals surface area contributed by atoms with Crippen molar-refractivity contribution in [3.63, 3.8) is 0 Å². The third-order valence-corrected chi connectivity index (χ3v) is 7.47. The molecule has 3 aromatic rings. The average molecular weight is 567 g/mol. The molecule has 0 bridgehead atoms. The maximum Gasteiger partial charge on any atom is 0.410 e. The minimum Gasteiger partial charge on any atom is -0.444 e. The first-order chi connectivity index (χ1) is 18.6. The summed E-state index contributed by atoms with van der Waals surface area (Å²) in [7, 11) is 0. The third kappa shape index (κ3) is 6.68. The van der Waals surface area contributed by atoms with Crippen molar-refractivity contribution >= 4 is 51.7 Å². The van der Waals surface area contributed by atoms with Crippen LogP contribution in [0.3, 0.4) is 0 Å². The zero-order chi connectivity index (χ0) is 28.2. The molecule has 10 heteroatoms. The fourth-order valence-corrected chi connectivity index (χ4v) is 5.57. The summed E-state index contributed by atoms with van der Waals surface area (Å²) >= 11 is 8.19. The number of hydrogen-bond acceptors (Lipinski definition) is 8. The number of carbonyl (C=O) groups is 1. The Labute approximate surface area is 239 Å². The molecule has 39 heavy (non-hydrogen) atoms. The Balaban J connectivity index is 0.00000112. The summed E-state index contributed by atoms with van der Waals surface area (Å²) in [5.41, 5.74) is 2.92. The SMILES string of the molecule is CC#N.CSc1nc2c(c(N3CCN(C(=O)OC(C)(C)C)CC3)n1)CCN(c1cccc3cccc(Cl)c13)C2. The average Bonchev–Trinajstić information content (AvgIpc) is 2.91. The van der Waals surface area contributed by atoms with Crippen molar-refractivity contribution in [2.75, 3.05) is 48.8 Å². The molecule has 3 heterocycles. The number of nitriles is 1. The van der Waals surface area contributed by atoms with Gasteiger partial charge in [-0.2, -0.15) is 5.26 Å². The molecule has 2 aromatic carbocycles. The number of hydrogen-bond donors (Lipinski definition) is 0. The predicted octanol–water partition coefficient (Wildman–Crippen LogP) is 6.15.